The Morgan fingerprint density at radius 2 is 2.11 bits per heavy atom. The van der Waals surface area contributed by atoms with E-state index < -0.39 is 5.97 Å². The summed E-state index contributed by atoms with van der Waals surface area (Å²) in [4.78, 5) is 29.4. The van der Waals surface area contributed by atoms with Crippen molar-refractivity contribution in [3.8, 4) is 0 Å². The van der Waals surface area contributed by atoms with Crippen LogP contribution in [-0.2, 0) is 4.79 Å². The predicted molar refractivity (Wildman–Crippen MR) is 111 cm³/mol. The van der Waals surface area contributed by atoms with Gasteiger partial charge < -0.3 is 15.3 Å². The van der Waals surface area contributed by atoms with Gasteiger partial charge in [-0.25, -0.2) is 9.78 Å². The molecule has 0 aromatic carbocycles. The largest absolute Gasteiger partial charge is 0.476 e. The van der Waals surface area contributed by atoms with Gasteiger partial charge in [0.2, 0.25) is 5.91 Å². The maximum Gasteiger partial charge on any atom is 0.355 e. The van der Waals surface area contributed by atoms with Crippen LogP contribution >= 0.6 is 23.1 Å². The maximum absolute atomic E-state index is 12.4. The summed E-state index contributed by atoms with van der Waals surface area (Å²) in [6, 6.07) is 0.177. The van der Waals surface area contributed by atoms with E-state index in [4.69, 9.17) is 5.11 Å². The van der Waals surface area contributed by atoms with Gasteiger partial charge in [-0.2, -0.15) is 0 Å². The first-order valence-electron chi connectivity index (χ1n) is 9.36. The fourth-order valence-electron chi connectivity index (χ4n) is 3.30. The summed E-state index contributed by atoms with van der Waals surface area (Å²) in [5, 5.41) is 14.2. The number of nitrogens with one attached hydrogen (secondary N) is 1. The Hall–Kier alpha value is -1.12. The molecule has 0 bridgehead atoms. The molecule has 1 aliphatic heterocycles. The standard InChI is InChI=1S/C19H31N3O3S2/c1-18(2,3)8-9-20-19(4,5)14-6-7-15(23)22(14)10-11-26-17-21-13(12-27-17)16(24)25/h12,14,20H,6-11H2,1-5H3,(H,24,25)/t14-/m1/s1. The van der Waals surface area contributed by atoms with E-state index in [-0.39, 0.29) is 28.6 Å². The third-order valence-electron chi connectivity index (χ3n) is 4.88. The van der Waals surface area contributed by atoms with E-state index in [1.807, 2.05) is 4.90 Å². The second kappa shape index (κ2) is 8.92. The molecule has 0 aliphatic carbocycles. The molecule has 0 spiro atoms. The number of carboxylic acids is 1. The molecule has 1 atom stereocenters. The number of nitrogens with zero attached hydrogens (tertiary/aromatic N) is 2. The van der Waals surface area contributed by atoms with E-state index in [1.165, 1.54) is 23.1 Å². The molecule has 27 heavy (non-hydrogen) atoms. The lowest BCUT2D eigenvalue weighted by Crippen LogP contribution is -2.56. The number of rotatable bonds is 9. The van der Waals surface area contributed by atoms with Crippen molar-refractivity contribution in [2.24, 2.45) is 5.41 Å². The van der Waals surface area contributed by atoms with E-state index in [9.17, 15) is 9.59 Å². The smallest absolute Gasteiger partial charge is 0.355 e. The van der Waals surface area contributed by atoms with Crippen LogP contribution in [0, 0.1) is 5.41 Å². The first kappa shape index (κ1) is 22.2. The minimum Gasteiger partial charge on any atom is -0.476 e. The number of aromatic nitrogens is 1. The van der Waals surface area contributed by atoms with E-state index in [1.54, 1.807) is 5.38 Å². The average Bonchev–Trinajstić information content (AvgIpc) is 3.14. The molecule has 1 aromatic rings. The number of carboxylic acid groups (broad SMARTS) is 1. The van der Waals surface area contributed by atoms with Crippen molar-refractivity contribution in [2.45, 2.75) is 69.8 Å². The Morgan fingerprint density at radius 3 is 2.70 bits per heavy atom. The zero-order valence-electron chi connectivity index (χ0n) is 16.9. The van der Waals surface area contributed by atoms with Gasteiger partial charge in [-0.05, 0) is 38.6 Å². The van der Waals surface area contributed by atoms with Gasteiger partial charge in [-0.3, -0.25) is 4.79 Å². The van der Waals surface area contributed by atoms with E-state index in [0.717, 1.165) is 23.7 Å². The normalized spacial score (nSPS) is 18.3. The van der Waals surface area contributed by atoms with Crippen LogP contribution in [0.15, 0.2) is 9.72 Å². The number of thiazole rings is 1. The predicted octanol–water partition coefficient (Wildman–Crippen LogP) is 3.73. The minimum atomic E-state index is -1.00. The quantitative estimate of drug-likeness (QED) is 0.600. The molecule has 1 aromatic heterocycles. The number of carbonyl (C=O) groups excluding carboxylic acids is 1. The Morgan fingerprint density at radius 1 is 1.41 bits per heavy atom. The van der Waals surface area contributed by atoms with Crippen LogP contribution in [0.25, 0.3) is 0 Å². The zero-order valence-corrected chi connectivity index (χ0v) is 18.5. The summed E-state index contributed by atoms with van der Waals surface area (Å²) in [7, 11) is 0. The summed E-state index contributed by atoms with van der Waals surface area (Å²) in [6.07, 6.45) is 2.56. The molecule has 0 radical (unpaired) electrons. The average molecular weight is 414 g/mol. The number of amides is 1. The molecule has 8 heteroatoms. The molecule has 1 aliphatic rings. The van der Waals surface area contributed by atoms with Gasteiger partial charge in [-0.1, -0.05) is 32.5 Å². The third kappa shape index (κ3) is 6.47. The number of hydrogen-bond donors (Lipinski definition) is 2. The van der Waals surface area contributed by atoms with Gasteiger partial charge in [-0.15, -0.1) is 11.3 Å². The molecule has 0 saturated carbocycles. The van der Waals surface area contributed by atoms with Crippen molar-refractivity contribution >= 4 is 35.0 Å². The Bertz CT molecular complexity index is 667. The topological polar surface area (TPSA) is 82.5 Å². The van der Waals surface area contributed by atoms with Crippen molar-refractivity contribution in [1.82, 2.24) is 15.2 Å². The molecule has 152 valence electrons. The first-order valence-corrected chi connectivity index (χ1v) is 11.2. The van der Waals surface area contributed by atoms with Crippen molar-refractivity contribution < 1.29 is 14.7 Å². The van der Waals surface area contributed by atoms with Crippen molar-refractivity contribution in [1.29, 1.82) is 0 Å². The molecule has 1 saturated heterocycles. The van der Waals surface area contributed by atoms with Gasteiger partial charge >= 0.3 is 5.97 Å². The van der Waals surface area contributed by atoms with Crippen LogP contribution in [0.1, 0.15) is 64.4 Å². The van der Waals surface area contributed by atoms with E-state index in [2.05, 4.69) is 44.9 Å². The lowest BCUT2D eigenvalue weighted by molar-refractivity contribution is -0.129. The van der Waals surface area contributed by atoms with Crippen molar-refractivity contribution in [3.63, 3.8) is 0 Å². The van der Waals surface area contributed by atoms with Gasteiger partial charge in [0.05, 0.1) is 0 Å². The van der Waals surface area contributed by atoms with Crippen molar-refractivity contribution in [2.75, 3.05) is 18.8 Å². The highest BCUT2D eigenvalue weighted by Crippen LogP contribution is 2.30. The molecule has 1 amide bonds. The maximum atomic E-state index is 12.4. The lowest BCUT2D eigenvalue weighted by atomic mass is 9.89. The van der Waals surface area contributed by atoms with Gasteiger partial charge in [0.15, 0.2) is 10.0 Å². The lowest BCUT2D eigenvalue weighted by Gasteiger charge is -2.39. The number of carbonyl (C=O) groups is 2. The van der Waals surface area contributed by atoms with E-state index in [0.29, 0.717) is 18.7 Å². The minimum absolute atomic E-state index is 0.0850. The number of aromatic carboxylic acids is 1. The van der Waals surface area contributed by atoms with Crippen LogP contribution in [0.3, 0.4) is 0 Å². The molecular weight excluding hydrogens is 382 g/mol. The number of likely N-dealkylation sites (tertiary alicyclic amines) is 1. The molecule has 0 unspecified atom stereocenters. The van der Waals surface area contributed by atoms with Gasteiger partial charge in [0.1, 0.15) is 0 Å². The van der Waals surface area contributed by atoms with Crippen LogP contribution in [-0.4, -0.2) is 57.3 Å². The summed E-state index contributed by atoms with van der Waals surface area (Å²) < 4.78 is 0.734. The fourth-order valence-corrected chi connectivity index (χ4v) is 5.10. The van der Waals surface area contributed by atoms with Crippen LogP contribution in [0.5, 0.6) is 0 Å². The SMILES string of the molecule is CC(C)(C)CCNC(C)(C)[C@H]1CCC(=O)N1CCSc1nc(C(=O)O)cs1. The second-order valence-corrected chi connectivity index (χ2v) is 11.0. The highest BCUT2D eigenvalue weighted by molar-refractivity contribution is 8.01. The molecule has 2 heterocycles. The monoisotopic (exact) mass is 413 g/mol. The Kier molecular flexibility index (Phi) is 7.33. The summed E-state index contributed by atoms with van der Waals surface area (Å²) >= 11 is 2.85. The molecular formula is C19H31N3O3S2. The van der Waals surface area contributed by atoms with Crippen LogP contribution in [0.4, 0.5) is 0 Å². The third-order valence-corrected chi connectivity index (χ3v) is 6.88. The Labute approximate surface area is 170 Å². The molecule has 6 nitrogen and oxygen atoms in total. The Balaban J connectivity index is 1.89. The molecule has 2 N–H and O–H groups in total. The van der Waals surface area contributed by atoms with Crippen molar-refractivity contribution in [3.05, 3.63) is 11.1 Å². The molecule has 2 rings (SSSR count). The number of thioether (sulfide) groups is 1. The first-order chi connectivity index (χ1) is 12.5. The second-order valence-electron chi connectivity index (χ2n) is 8.75. The van der Waals surface area contributed by atoms with Gasteiger partial charge in [0.25, 0.3) is 0 Å². The fraction of sp³-hybridized carbons (Fsp3) is 0.737. The van der Waals surface area contributed by atoms with E-state index >= 15 is 0 Å². The highest BCUT2D eigenvalue weighted by Gasteiger charge is 2.40. The zero-order chi connectivity index (χ0) is 20.2. The summed E-state index contributed by atoms with van der Waals surface area (Å²) in [5.74, 6) is -0.0833. The highest BCUT2D eigenvalue weighted by atomic mass is 32.2. The summed E-state index contributed by atoms with van der Waals surface area (Å²) in [5.41, 5.74) is 0.231. The summed E-state index contributed by atoms with van der Waals surface area (Å²) in [6.45, 7) is 12.6. The number of hydrogen-bond acceptors (Lipinski definition) is 6. The van der Waals surface area contributed by atoms with Crippen LogP contribution < -0.4 is 5.32 Å². The van der Waals surface area contributed by atoms with Crippen LogP contribution in [0.2, 0.25) is 0 Å². The molecule has 1 fully saturated rings. The van der Waals surface area contributed by atoms with Gasteiger partial charge in [0, 0.05) is 35.7 Å².